The van der Waals surface area contributed by atoms with Crippen LogP contribution in [0.1, 0.15) is 19.3 Å². The molecule has 0 spiro atoms. The van der Waals surface area contributed by atoms with Crippen molar-refractivity contribution >= 4 is 22.3 Å². The molecule has 0 amide bonds. The van der Waals surface area contributed by atoms with Gasteiger partial charge in [0.25, 0.3) is 0 Å². The summed E-state index contributed by atoms with van der Waals surface area (Å²) in [6.45, 7) is 0.240. The number of nitrogens with zero attached hydrogens (tertiary/aromatic N) is 1. The van der Waals surface area contributed by atoms with Crippen molar-refractivity contribution in [2.75, 3.05) is 17.7 Å². The molecule has 96 valence electrons. The third kappa shape index (κ3) is 1.90. The number of hydrogen-bond donors (Lipinski definition) is 4. The lowest BCUT2D eigenvalue weighted by Crippen LogP contribution is -2.26. The predicted octanol–water partition coefficient (Wildman–Crippen LogP) is 1.72. The zero-order valence-electron chi connectivity index (χ0n) is 10.2. The zero-order valence-corrected chi connectivity index (χ0v) is 10.2. The average molecular weight is 246 g/mol. The molecule has 1 fully saturated rings. The number of hydrogen-bond acceptors (Lipinski definition) is 4. The lowest BCUT2D eigenvalue weighted by atomic mass is 10.0. The lowest BCUT2D eigenvalue weighted by molar-refractivity contribution is 0.222. The molecule has 0 radical (unpaired) electrons. The molecular formula is C13H18N4O. The first-order valence-electron chi connectivity index (χ1n) is 6.38. The van der Waals surface area contributed by atoms with E-state index in [4.69, 9.17) is 5.73 Å². The monoisotopic (exact) mass is 246 g/mol. The predicted molar refractivity (Wildman–Crippen MR) is 72.3 cm³/mol. The Hall–Kier alpha value is -1.75. The molecule has 2 unspecified atom stereocenters. The Kier molecular flexibility index (Phi) is 2.83. The highest BCUT2D eigenvalue weighted by Gasteiger charge is 2.26. The van der Waals surface area contributed by atoms with Gasteiger partial charge in [-0.3, -0.25) is 5.10 Å². The number of fused-ring (bicyclic) bond motifs is 1. The number of anilines is 2. The van der Waals surface area contributed by atoms with E-state index in [0.29, 0.717) is 12.0 Å². The van der Waals surface area contributed by atoms with Gasteiger partial charge in [-0.05, 0) is 25.0 Å². The minimum absolute atomic E-state index is 0.240. The number of aromatic nitrogens is 2. The number of nitrogens with one attached hydrogen (secondary N) is 2. The van der Waals surface area contributed by atoms with Crippen LogP contribution in [0.5, 0.6) is 0 Å². The zero-order chi connectivity index (χ0) is 12.5. The molecule has 2 aromatic rings. The molecule has 1 aliphatic rings. The maximum absolute atomic E-state index is 9.34. The van der Waals surface area contributed by atoms with Gasteiger partial charge in [-0.25, -0.2) is 0 Å². The molecule has 2 atom stereocenters. The molecule has 1 aromatic carbocycles. The second-order valence-corrected chi connectivity index (χ2v) is 5.02. The normalized spacial score (nSPS) is 23.6. The van der Waals surface area contributed by atoms with Crippen molar-refractivity contribution in [2.24, 2.45) is 5.92 Å². The first-order valence-corrected chi connectivity index (χ1v) is 6.38. The van der Waals surface area contributed by atoms with Crippen LogP contribution >= 0.6 is 0 Å². The van der Waals surface area contributed by atoms with Crippen molar-refractivity contribution in [3.8, 4) is 0 Å². The van der Waals surface area contributed by atoms with Gasteiger partial charge in [0.2, 0.25) is 0 Å². The van der Waals surface area contributed by atoms with E-state index in [1.54, 1.807) is 6.20 Å². The van der Waals surface area contributed by atoms with Crippen LogP contribution in [0.3, 0.4) is 0 Å². The Bertz CT molecular complexity index is 551. The second kappa shape index (κ2) is 4.49. The largest absolute Gasteiger partial charge is 0.397 e. The molecule has 1 saturated carbocycles. The summed E-state index contributed by atoms with van der Waals surface area (Å²) in [5, 5.41) is 20.8. The number of nitrogens with two attached hydrogens (primary N) is 1. The quantitative estimate of drug-likeness (QED) is 0.621. The molecular weight excluding hydrogens is 228 g/mol. The number of aliphatic hydroxyl groups is 1. The molecule has 1 heterocycles. The molecule has 18 heavy (non-hydrogen) atoms. The molecule has 0 aliphatic heterocycles. The minimum Gasteiger partial charge on any atom is -0.397 e. The number of aromatic amines is 1. The SMILES string of the molecule is Nc1cc2cn[nH]c2cc1NC1CCCC1CO. The molecule has 0 bridgehead atoms. The van der Waals surface area contributed by atoms with Gasteiger partial charge in [0.15, 0.2) is 0 Å². The minimum atomic E-state index is 0.240. The summed E-state index contributed by atoms with van der Waals surface area (Å²) < 4.78 is 0. The van der Waals surface area contributed by atoms with Gasteiger partial charge in [0.1, 0.15) is 0 Å². The fourth-order valence-corrected chi connectivity index (χ4v) is 2.78. The average Bonchev–Trinajstić information content (AvgIpc) is 2.98. The molecule has 1 aromatic heterocycles. The Morgan fingerprint density at radius 3 is 3.17 bits per heavy atom. The number of benzene rings is 1. The van der Waals surface area contributed by atoms with Crippen molar-refractivity contribution in [2.45, 2.75) is 25.3 Å². The summed E-state index contributed by atoms with van der Waals surface area (Å²) in [6, 6.07) is 4.23. The summed E-state index contributed by atoms with van der Waals surface area (Å²) in [4.78, 5) is 0. The molecule has 5 heteroatoms. The highest BCUT2D eigenvalue weighted by Crippen LogP contribution is 2.31. The van der Waals surface area contributed by atoms with Crippen molar-refractivity contribution in [1.82, 2.24) is 10.2 Å². The number of H-pyrrole nitrogens is 1. The second-order valence-electron chi connectivity index (χ2n) is 5.02. The van der Waals surface area contributed by atoms with Crippen LogP contribution in [0.4, 0.5) is 11.4 Å². The maximum atomic E-state index is 9.34. The van der Waals surface area contributed by atoms with Gasteiger partial charge < -0.3 is 16.2 Å². The van der Waals surface area contributed by atoms with E-state index < -0.39 is 0 Å². The fraction of sp³-hybridized carbons (Fsp3) is 0.462. The summed E-state index contributed by atoms with van der Waals surface area (Å²) in [5.74, 6) is 0.335. The van der Waals surface area contributed by atoms with Crippen LogP contribution in [-0.4, -0.2) is 28.0 Å². The van der Waals surface area contributed by atoms with Gasteiger partial charge in [-0.1, -0.05) is 6.42 Å². The highest BCUT2D eigenvalue weighted by molar-refractivity contribution is 5.88. The highest BCUT2D eigenvalue weighted by atomic mass is 16.3. The summed E-state index contributed by atoms with van der Waals surface area (Å²) in [5.41, 5.74) is 8.68. The Morgan fingerprint density at radius 1 is 1.44 bits per heavy atom. The molecule has 0 saturated heterocycles. The van der Waals surface area contributed by atoms with Crippen molar-refractivity contribution < 1.29 is 5.11 Å². The van der Waals surface area contributed by atoms with Crippen LogP contribution in [0.2, 0.25) is 0 Å². The van der Waals surface area contributed by atoms with Crippen molar-refractivity contribution in [1.29, 1.82) is 0 Å². The maximum Gasteiger partial charge on any atom is 0.0672 e. The smallest absolute Gasteiger partial charge is 0.0672 e. The van der Waals surface area contributed by atoms with Gasteiger partial charge in [-0.2, -0.15) is 5.10 Å². The van der Waals surface area contributed by atoms with E-state index in [1.165, 1.54) is 0 Å². The van der Waals surface area contributed by atoms with Crippen molar-refractivity contribution in [3.63, 3.8) is 0 Å². The van der Waals surface area contributed by atoms with Gasteiger partial charge in [-0.15, -0.1) is 0 Å². The van der Waals surface area contributed by atoms with Gasteiger partial charge >= 0.3 is 0 Å². The van der Waals surface area contributed by atoms with E-state index in [1.807, 2.05) is 12.1 Å². The van der Waals surface area contributed by atoms with Crippen molar-refractivity contribution in [3.05, 3.63) is 18.3 Å². The Morgan fingerprint density at radius 2 is 2.33 bits per heavy atom. The van der Waals surface area contributed by atoms with E-state index in [0.717, 1.165) is 41.5 Å². The standard InChI is InChI=1S/C13H18N4O/c14-10-4-9-6-15-17-12(9)5-13(10)16-11-3-1-2-8(11)7-18/h4-6,8,11,16,18H,1-3,7,14H2,(H,15,17). The van der Waals surface area contributed by atoms with E-state index >= 15 is 0 Å². The third-order valence-electron chi connectivity index (χ3n) is 3.84. The van der Waals surface area contributed by atoms with Crippen LogP contribution in [0.15, 0.2) is 18.3 Å². The summed E-state index contributed by atoms with van der Waals surface area (Å²) in [6.07, 6.45) is 5.10. The Balaban J connectivity index is 1.87. The van der Waals surface area contributed by atoms with Crippen LogP contribution < -0.4 is 11.1 Å². The Labute approximate surface area is 105 Å². The number of aliphatic hydroxyl groups excluding tert-OH is 1. The topological polar surface area (TPSA) is 87.0 Å². The van der Waals surface area contributed by atoms with E-state index in [-0.39, 0.29) is 6.61 Å². The summed E-state index contributed by atoms with van der Waals surface area (Å²) in [7, 11) is 0. The molecule has 1 aliphatic carbocycles. The van der Waals surface area contributed by atoms with E-state index in [9.17, 15) is 5.11 Å². The van der Waals surface area contributed by atoms with E-state index in [2.05, 4.69) is 15.5 Å². The number of rotatable bonds is 3. The number of nitrogen functional groups attached to an aromatic ring is 1. The third-order valence-corrected chi connectivity index (χ3v) is 3.84. The summed E-state index contributed by atoms with van der Waals surface area (Å²) >= 11 is 0. The molecule has 3 rings (SSSR count). The van der Waals surface area contributed by atoms with Gasteiger partial charge in [0.05, 0.1) is 23.1 Å². The first-order chi connectivity index (χ1) is 8.78. The van der Waals surface area contributed by atoms with Crippen LogP contribution in [0.25, 0.3) is 10.9 Å². The van der Waals surface area contributed by atoms with Gasteiger partial charge in [0, 0.05) is 24.0 Å². The van der Waals surface area contributed by atoms with Crippen LogP contribution in [0, 0.1) is 5.92 Å². The van der Waals surface area contributed by atoms with Crippen LogP contribution in [-0.2, 0) is 0 Å². The first kappa shape index (κ1) is 11.3. The fourth-order valence-electron chi connectivity index (χ4n) is 2.78. The lowest BCUT2D eigenvalue weighted by Gasteiger charge is -2.21. The molecule has 5 nitrogen and oxygen atoms in total. The molecule has 5 N–H and O–H groups in total.